The molecule has 0 aliphatic rings. The van der Waals surface area contributed by atoms with E-state index in [0.717, 1.165) is 64.2 Å². The van der Waals surface area contributed by atoms with E-state index in [0.29, 0.717) is 19.3 Å². The monoisotopic (exact) mass is 845 g/mol. The first-order valence-corrected chi connectivity index (χ1v) is 26.4. The first-order chi connectivity index (χ1) is 29.5. The van der Waals surface area contributed by atoms with Crippen LogP contribution in [-0.4, -0.2) is 37.2 Å². The molecular formula is C54H100O6. The molecule has 0 rings (SSSR count). The SMILES string of the molecule is CCCCC/C=C\C=C/CCCCCCCCC(=O)OCC(COC(=O)CCCCCCCCCCCCCC)OC(=O)CCCCCCCCCCCCCCCCC. The van der Waals surface area contributed by atoms with E-state index in [9.17, 15) is 14.4 Å². The topological polar surface area (TPSA) is 78.9 Å². The van der Waals surface area contributed by atoms with Gasteiger partial charge in [0.25, 0.3) is 0 Å². The van der Waals surface area contributed by atoms with Gasteiger partial charge in [-0.25, -0.2) is 0 Å². The third-order valence-corrected chi connectivity index (χ3v) is 11.7. The highest BCUT2D eigenvalue weighted by Gasteiger charge is 2.19. The Morgan fingerprint density at radius 1 is 0.333 bits per heavy atom. The minimum Gasteiger partial charge on any atom is -0.462 e. The fourth-order valence-electron chi connectivity index (χ4n) is 7.73. The van der Waals surface area contributed by atoms with Crippen LogP contribution >= 0.6 is 0 Å². The summed E-state index contributed by atoms with van der Waals surface area (Å²) in [6.45, 7) is 6.63. The molecule has 0 aliphatic carbocycles. The number of carbonyl (C=O) groups excluding carboxylic acids is 3. The third kappa shape index (κ3) is 46.9. The van der Waals surface area contributed by atoms with Crippen molar-refractivity contribution >= 4 is 17.9 Å². The molecule has 0 aromatic rings. The van der Waals surface area contributed by atoms with Crippen LogP contribution in [0.2, 0.25) is 0 Å². The van der Waals surface area contributed by atoms with Crippen LogP contribution in [0.5, 0.6) is 0 Å². The van der Waals surface area contributed by atoms with Crippen LogP contribution in [0.25, 0.3) is 0 Å². The number of allylic oxidation sites excluding steroid dienone is 4. The van der Waals surface area contributed by atoms with E-state index in [1.807, 2.05) is 0 Å². The van der Waals surface area contributed by atoms with Gasteiger partial charge in [0, 0.05) is 19.3 Å². The third-order valence-electron chi connectivity index (χ3n) is 11.7. The van der Waals surface area contributed by atoms with E-state index in [1.54, 1.807) is 0 Å². The second-order valence-electron chi connectivity index (χ2n) is 17.8. The fraction of sp³-hybridized carbons (Fsp3) is 0.870. The van der Waals surface area contributed by atoms with Gasteiger partial charge in [-0.15, -0.1) is 0 Å². The zero-order valence-corrected chi connectivity index (χ0v) is 40.2. The quantitative estimate of drug-likeness (QED) is 0.0263. The van der Waals surface area contributed by atoms with E-state index in [2.05, 4.69) is 45.1 Å². The molecule has 0 amide bonds. The Balaban J connectivity index is 4.35. The number of esters is 3. The lowest BCUT2D eigenvalue weighted by Crippen LogP contribution is -2.30. The molecule has 6 heteroatoms. The largest absolute Gasteiger partial charge is 0.462 e. The average molecular weight is 845 g/mol. The standard InChI is InChI=1S/C54H100O6/c1-4-7-10-13-16-19-22-25-27-29-32-35-38-41-44-47-53(56)59-50-51(49-58-52(55)46-43-40-37-34-31-24-21-18-15-12-9-6-3)60-54(57)48-45-42-39-36-33-30-28-26-23-20-17-14-11-8-5-2/h16,19,22,25,51H,4-15,17-18,20-21,23-24,26-50H2,1-3H3/b19-16-,25-22-. The van der Waals surface area contributed by atoms with Gasteiger partial charge in [0.05, 0.1) is 0 Å². The van der Waals surface area contributed by atoms with Crippen LogP contribution in [0, 0.1) is 0 Å². The Kier molecular flexibility index (Phi) is 47.8. The highest BCUT2D eigenvalue weighted by atomic mass is 16.6. The van der Waals surface area contributed by atoms with Gasteiger partial charge in [-0.3, -0.25) is 14.4 Å². The summed E-state index contributed by atoms with van der Waals surface area (Å²) in [6.07, 6.45) is 55.8. The Morgan fingerprint density at radius 2 is 0.583 bits per heavy atom. The van der Waals surface area contributed by atoms with Gasteiger partial charge in [0.15, 0.2) is 6.10 Å². The van der Waals surface area contributed by atoms with E-state index in [-0.39, 0.29) is 31.1 Å². The summed E-state index contributed by atoms with van der Waals surface area (Å²) >= 11 is 0. The van der Waals surface area contributed by atoms with Crippen LogP contribution in [0.3, 0.4) is 0 Å². The fourth-order valence-corrected chi connectivity index (χ4v) is 7.73. The highest BCUT2D eigenvalue weighted by molar-refractivity contribution is 5.71. The maximum atomic E-state index is 12.8. The van der Waals surface area contributed by atoms with Crippen molar-refractivity contribution in [3.63, 3.8) is 0 Å². The van der Waals surface area contributed by atoms with Crippen LogP contribution in [0.1, 0.15) is 284 Å². The smallest absolute Gasteiger partial charge is 0.306 e. The summed E-state index contributed by atoms with van der Waals surface area (Å²) in [5.41, 5.74) is 0. The predicted octanol–water partition coefficient (Wildman–Crippen LogP) is 17.2. The van der Waals surface area contributed by atoms with Crippen LogP contribution in [0.15, 0.2) is 24.3 Å². The van der Waals surface area contributed by atoms with Crippen molar-refractivity contribution in [1.82, 2.24) is 0 Å². The lowest BCUT2D eigenvalue weighted by molar-refractivity contribution is -0.167. The van der Waals surface area contributed by atoms with E-state index in [4.69, 9.17) is 14.2 Å². The van der Waals surface area contributed by atoms with Gasteiger partial charge >= 0.3 is 17.9 Å². The van der Waals surface area contributed by atoms with Crippen LogP contribution in [0.4, 0.5) is 0 Å². The second-order valence-corrected chi connectivity index (χ2v) is 17.8. The second kappa shape index (κ2) is 49.5. The first kappa shape index (κ1) is 57.9. The number of ether oxygens (including phenoxy) is 3. The average Bonchev–Trinajstić information content (AvgIpc) is 3.24. The van der Waals surface area contributed by atoms with Crippen LogP contribution in [-0.2, 0) is 28.6 Å². The first-order valence-electron chi connectivity index (χ1n) is 26.4. The number of hydrogen-bond donors (Lipinski definition) is 0. The van der Waals surface area contributed by atoms with Crippen molar-refractivity contribution in [2.75, 3.05) is 13.2 Å². The molecule has 0 fully saturated rings. The van der Waals surface area contributed by atoms with E-state index >= 15 is 0 Å². The van der Waals surface area contributed by atoms with Gasteiger partial charge in [-0.2, -0.15) is 0 Å². The zero-order chi connectivity index (χ0) is 43.7. The Morgan fingerprint density at radius 3 is 0.917 bits per heavy atom. The van der Waals surface area contributed by atoms with Gasteiger partial charge in [-0.1, -0.05) is 244 Å². The Hall–Kier alpha value is -2.11. The van der Waals surface area contributed by atoms with Crippen molar-refractivity contribution in [2.45, 2.75) is 290 Å². The van der Waals surface area contributed by atoms with Gasteiger partial charge in [0.2, 0.25) is 0 Å². The number of carbonyl (C=O) groups is 3. The Labute approximate surface area is 373 Å². The van der Waals surface area contributed by atoms with E-state index < -0.39 is 6.10 Å². The lowest BCUT2D eigenvalue weighted by atomic mass is 10.0. The minimum absolute atomic E-state index is 0.0700. The van der Waals surface area contributed by atoms with Crippen molar-refractivity contribution in [1.29, 1.82) is 0 Å². The molecule has 0 spiro atoms. The summed E-state index contributed by atoms with van der Waals surface area (Å²) in [7, 11) is 0. The van der Waals surface area contributed by atoms with E-state index in [1.165, 1.54) is 180 Å². The van der Waals surface area contributed by atoms with Crippen molar-refractivity contribution in [3.8, 4) is 0 Å². The van der Waals surface area contributed by atoms with Gasteiger partial charge in [-0.05, 0) is 44.9 Å². The summed E-state index contributed by atoms with van der Waals surface area (Å²) in [4.78, 5) is 38.0. The predicted molar refractivity (Wildman–Crippen MR) is 256 cm³/mol. The molecule has 0 aromatic heterocycles. The summed E-state index contributed by atoms with van der Waals surface area (Å²) in [5, 5.41) is 0. The molecule has 60 heavy (non-hydrogen) atoms. The molecule has 0 saturated carbocycles. The highest BCUT2D eigenvalue weighted by Crippen LogP contribution is 2.16. The number of rotatable bonds is 48. The molecule has 1 atom stereocenters. The van der Waals surface area contributed by atoms with Gasteiger partial charge < -0.3 is 14.2 Å². The van der Waals surface area contributed by atoms with Gasteiger partial charge in [0.1, 0.15) is 13.2 Å². The molecule has 6 nitrogen and oxygen atoms in total. The zero-order valence-electron chi connectivity index (χ0n) is 40.2. The van der Waals surface area contributed by atoms with Crippen molar-refractivity contribution in [3.05, 3.63) is 24.3 Å². The minimum atomic E-state index is -0.769. The molecule has 0 bridgehead atoms. The summed E-state index contributed by atoms with van der Waals surface area (Å²) < 4.78 is 16.8. The van der Waals surface area contributed by atoms with Crippen molar-refractivity contribution < 1.29 is 28.6 Å². The molecule has 0 N–H and O–H groups in total. The summed E-state index contributed by atoms with van der Waals surface area (Å²) in [5.74, 6) is -0.867. The molecule has 0 aromatic carbocycles. The normalized spacial score (nSPS) is 12.1. The molecule has 0 radical (unpaired) electrons. The molecule has 1 unspecified atom stereocenters. The molecule has 0 aliphatic heterocycles. The maximum Gasteiger partial charge on any atom is 0.306 e. The summed E-state index contributed by atoms with van der Waals surface area (Å²) in [6, 6.07) is 0. The number of hydrogen-bond acceptors (Lipinski definition) is 6. The number of unbranched alkanes of at least 4 members (excludes halogenated alkanes) is 34. The van der Waals surface area contributed by atoms with Crippen molar-refractivity contribution in [2.24, 2.45) is 0 Å². The maximum absolute atomic E-state index is 12.8. The molecular weight excluding hydrogens is 745 g/mol. The molecule has 0 heterocycles. The molecule has 352 valence electrons. The molecule has 0 saturated heterocycles. The Bertz CT molecular complexity index is 973. The lowest BCUT2D eigenvalue weighted by Gasteiger charge is -2.18. The van der Waals surface area contributed by atoms with Crippen LogP contribution < -0.4 is 0 Å².